The number of carbonyl (C=O) groups is 1. The molecule has 6 heteroatoms. The van der Waals surface area contributed by atoms with Gasteiger partial charge in [0.15, 0.2) is 5.16 Å². The van der Waals surface area contributed by atoms with Gasteiger partial charge in [0.1, 0.15) is 5.75 Å². The van der Waals surface area contributed by atoms with E-state index in [1.807, 2.05) is 18.2 Å². The first-order valence-corrected chi connectivity index (χ1v) is 7.47. The molecule has 2 N–H and O–H groups in total. The summed E-state index contributed by atoms with van der Waals surface area (Å²) in [5.74, 6) is 0.885. The highest BCUT2D eigenvalue weighted by Gasteiger charge is 2.44. The van der Waals surface area contributed by atoms with Gasteiger partial charge in [-0.1, -0.05) is 11.8 Å². The molecule has 0 saturated heterocycles. The third-order valence-electron chi connectivity index (χ3n) is 3.67. The number of methoxy groups -OCH3 is 1. The van der Waals surface area contributed by atoms with E-state index in [0.717, 1.165) is 40.5 Å². The quantitative estimate of drug-likeness (QED) is 0.801. The number of thioether (sulfide) groups is 1. The van der Waals surface area contributed by atoms with Crippen molar-refractivity contribution >= 4 is 28.8 Å². The minimum absolute atomic E-state index is 0.0207. The molecule has 1 aromatic heterocycles. The van der Waals surface area contributed by atoms with E-state index in [-0.39, 0.29) is 11.8 Å². The summed E-state index contributed by atoms with van der Waals surface area (Å²) in [4.78, 5) is 18.6. The van der Waals surface area contributed by atoms with Gasteiger partial charge in [0, 0.05) is 11.8 Å². The Bertz CT molecular complexity index is 649. The second-order valence-corrected chi connectivity index (χ2v) is 6.25. The fraction of sp³-hybridized carbons (Fsp3) is 0.429. The molecule has 1 heterocycles. The summed E-state index contributed by atoms with van der Waals surface area (Å²) in [5.41, 5.74) is 1.82. The first-order chi connectivity index (χ1) is 9.60. The molecule has 0 radical (unpaired) electrons. The molecular formula is C14H16N2O3S. The molecule has 20 heavy (non-hydrogen) atoms. The van der Waals surface area contributed by atoms with Gasteiger partial charge in [-0.05, 0) is 30.4 Å². The molecule has 3 rings (SSSR count). The lowest BCUT2D eigenvalue weighted by atomic mass is 10.1. The summed E-state index contributed by atoms with van der Waals surface area (Å²) in [5, 5.41) is 9.75. The zero-order valence-electron chi connectivity index (χ0n) is 11.2. The summed E-state index contributed by atoms with van der Waals surface area (Å²) in [6.07, 6.45) is 2.26. The average molecular weight is 292 g/mol. The van der Waals surface area contributed by atoms with Crippen molar-refractivity contribution in [2.24, 2.45) is 5.41 Å². The van der Waals surface area contributed by atoms with E-state index < -0.39 is 5.97 Å². The number of fused-ring (bicyclic) bond motifs is 1. The number of carboxylic acid groups (broad SMARTS) is 1. The maximum Gasteiger partial charge on any atom is 0.303 e. The Kier molecular flexibility index (Phi) is 3.33. The Morgan fingerprint density at radius 3 is 3.00 bits per heavy atom. The molecular weight excluding hydrogens is 276 g/mol. The molecule has 1 saturated carbocycles. The highest BCUT2D eigenvalue weighted by molar-refractivity contribution is 7.99. The van der Waals surface area contributed by atoms with Crippen molar-refractivity contribution in [3.8, 4) is 5.75 Å². The molecule has 1 aliphatic rings. The van der Waals surface area contributed by atoms with Crippen LogP contribution in [-0.2, 0) is 4.79 Å². The summed E-state index contributed by atoms with van der Waals surface area (Å²) in [6, 6.07) is 5.71. The second kappa shape index (κ2) is 5.01. The van der Waals surface area contributed by atoms with Gasteiger partial charge in [0.25, 0.3) is 0 Å². The van der Waals surface area contributed by atoms with Crippen LogP contribution in [0.3, 0.4) is 0 Å². The highest BCUT2D eigenvalue weighted by atomic mass is 32.2. The lowest BCUT2D eigenvalue weighted by Crippen LogP contribution is -2.11. The van der Waals surface area contributed by atoms with Crippen LogP contribution >= 0.6 is 11.8 Å². The SMILES string of the molecule is COc1ccc2nc(SCC3(CC(=O)O)CC3)[nH]c2c1. The smallest absolute Gasteiger partial charge is 0.303 e. The van der Waals surface area contributed by atoms with Crippen molar-refractivity contribution in [1.29, 1.82) is 0 Å². The van der Waals surface area contributed by atoms with Crippen molar-refractivity contribution in [1.82, 2.24) is 9.97 Å². The fourth-order valence-electron chi connectivity index (χ4n) is 2.25. The normalized spacial score (nSPS) is 16.2. The molecule has 0 amide bonds. The van der Waals surface area contributed by atoms with Gasteiger partial charge in [0.05, 0.1) is 24.6 Å². The molecule has 0 aliphatic heterocycles. The third-order valence-corrected chi connectivity index (χ3v) is 4.89. The fourth-order valence-corrected chi connectivity index (χ4v) is 3.43. The Morgan fingerprint density at radius 1 is 1.55 bits per heavy atom. The predicted octanol–water partition coefficient (Wildman–Crippen LogP) is 2.92. The van der Waals surface area contributed by atoms with Gasteiger partial charge in [-0.3, -0.25) is 4.79 Å². The average Bonchev–Trinajstić information content (AvgIpc) is 3.04. The highest BCUT2D eigenvalue weighted by Crippen LogP contribution is 2.51. The first kappa shape index (κ1) is 13.3. The van der Waals surface area contributed by atoms with Crippen LogP contribution in [0, 0.1) is 5.41 Å². The number of nitrogens with zero attached hydrogens (tertiary/aromatic N) is 1. The molecule has 2 aromatic rings. The predicted molar refractivity (Wildman–Crippen MR) is 77.3 cm³/mol. The number of benzene rings is 1. The van der Waals surface area contributed by atoms with Crippen molar-refractivity contribution in [2.45, 2.75) is 24.4 Å². The number of rotatable bonds is 6. The topological polar surface area (TPSA) is 75.2 Å². The van der Waals surface area contributed by atoms with Crippen molar-refractivity contribution in [3.05, 3.63) is 18.2 Å². The third kappa shape index (κ3) is 2.75. The summed E-state index contributed by atoms with van der Waals surface area (Å²) >= 11 is 1.60. The number of aliphatic carboxylic acids is 1. The van der Waals surface area contributed by atoms with Crippen LogP contribution in [0.25, 0.3) is 11.0 Å². The number of carboxylic acids is 1. The van der Waals surface area contributed by atoms with Crippen molar-refractivity contribution < 1.29 is 14.6 Å². The van der Waals surface area contributed by atoms with E-state index in [2.05, 4.69) is 9.97 Å². The van der Waals surface area contributed by atoms with E-state index in [1.54, 1.807) is 18.9 Å². The van der Waals surface area contributed by atoms with Crippen LogP contribution in [0.2, 0.25) is 0 Å². The molecule has 106 valence electrons. The number of imidazole rings is 1. The van der Waals surface area contributed by atoms with Crippen molar-refractivity contribution in [3.63, 3.8) is 0 Å². The number of aromatic amines is 1. The molecule has 1 aliphatic carbocycles. The Hall–Kier alpha value is -1.69. The minimum Gasteiger partial charge on any atom is -0.497 e. The maximum absolute atomic E-state index is 10.8. The minimum atomic E-state index is -0.711. The van der Waals surface area contributed by atoms with Crippen LogP contribution in [-0.4, -0.2) is 33.9 Å². The number of hydrogen-bond donors (Lipinski definition) is 2. The summed E-state index contributed by atoms with van der Waals surface area (Å²) in [6.45, 7) is 0. The number of nitrogens with one attached hydrogen (secondary N) is 1. The van der Waals surface area contributed by atoms with Gasteiger partial charge < -0.3 is 14.8 Å². The standard InChI is InChI=1S/C14H16N2O3S/c1-19-9-2-3-10-11(6-9)16-13(15-10)20-8-14(4-5-14)7-12(17)18/h2-3,6H,4-5,7-8H2,1H3,(H,15,16)(H,17,18). The maximum atomic E-state index is 10.8. The van der Waals surface area contributed by atoms with Crippen LogP contribution in [0.1, 0.15) is 19.3 Å². The monoisotopic (exact) mass is 292 g/mol. The summed E-state index contributed by atoms with van der Waals surface area (Å²) in [7, 11) is 1.63. The molecule has 1 fully saturated rings. The zero-order valence-corrected chi connectivity index (χ0v) is 12.0. The van der Waals surface area contributed by atoms with Crippen LogP contribution in [0.4, 0.5) is 0 Å². The van der Waals surface area contributed by atoms with Gasteiger partial charge in [0.2, 0.25) is 0 Å². The first-order valence-electron chi connectivity index (χ1n) is 6.49. The molecule has 0 unspecified atom stereocenters. The Morgan fingerprint density at radius 2 is 2.35 bits per heavy atom. The largest absolute Gasteiger partial charge is 0.497 e. The lowest BCUT2D eigenvalue weighted by molar-refractivity contribution is -0.138. The summed E-state index contributed by atoms with van der Waals surface area (Å²) < 4.78 is 5.18. The molecule has 5 nitrogen and oxygen atoms in total. The van der Waals surface area contributed by atoms with E-state index in [1.165, 1.54) is 0 Å². The van der Waals surface area contributed by atoms with E-state index in [9.17, 15) is 4.79 Å². The second-order valence-electron chi connectivity index (χ2n) is 5.28. The molecule has 1 aromatic carbocycles. The van der Waals surface area contributed by atoms with Gasteiger partial charge in [-0.2, -0.15) is 0 Å². The van der Waals surface area contributed by atoms with Gasteiger partial charge in [-0.25, -0.2) is 4.98 Å². The van der Waals surface area contributed by atoms with Gasteiger partial charge in [-0.15, -0.1) is 0 Å². The van der Waals surface area contributed by atoms with E-state index in [0.29, 0.717) is 0 Å². The number of hydrogen-bond acceptors (Lipinski definition) is 4. The van der Waals surface area contributed by atoms with Gasteiger partial charge >= 0.3 is 5.97 Å². The van der Waals surface area contributed by atoms with Crippen molar-refractivity contribution in [2.75, 3.05) is 12.9 Å². The van der Waals surface area contributed by atoms with E-state index in [4.69, 9.17) is 9.84 Å². The molecule has 0 atom stereocenters. The van der Waals surface area contributed by atoms with Crippen LogP contribution < -0.4 is 4.74 Å². The Labute approximate surface area is 120 Å². The number of ether oxygens (including phenoxy) is 1. The van der Waals surface area contributed by atoms with Crippen LogP contribution in [0.5, 0.6) is 5.75 Å². The lowest BCUT2D eigenvalue weighted by Gasteiger charge is -2.09. The van der Waals surface area contributed by atoms with Crippen LogP contribution in [0.15, 0.2) is 23.4 Å². The number of aromatic nitrogens is 2. The molecule has 0 bridgehead atoms. The number of H-pyrrole nitrogens is 1. The molecule has 0 spiro atoms. The Balaban J connectivity index is 1.70. The van der Waals surface area contributed by atoms with E-state index >= 15 is 0 Å². The zero-order chi connectivity index (χ0) is 14.2.